The largest absolute Gasteiger partial charge is 0.368 e. The van der Waals surface area contributed by atoms with Crippen molar-refractivity contribution in [3.63, 3.8) is 0 Å². The van der Waals surface area contributed by atoms with Crippen LogP contribution in [0.25, 0.3) is 0 Å². The van der Waals surface area contributed by atoms with Crippen molar-refractivity contribution < 1.29 is 0 Å². The van der Waals surface area contributed by atoms with Crippen molar-refractivity contribution in [3.8, 4) is 0 Å². The summed E-state index contributed by atoms with van der Waals surface area (Å²) in [7, 11) is 2.06. The zero-order chi connectivity index (χ0) is 13.8. The van der Waals surface area contributed by atoms with Crippen LogP contribution in [-0.4, -0.2) is 17.0 Å². The van der Waals surface area contributed by atoms with E-state index in [1.165, 1.54) is 0 Å². The van der Waals surface area contributed by atoms with Crippen LogP contribution in [0.4, 0.5) is 5.69 Å². The molecule has 0 bridgehead atoms. The Labute approximate surface area is 114 Å². The highest BCUT2D eigenvalue weighted by atomic mass is 15.1. The van der Waals surface area contributed by atoms with Gasteiger partial charge in [-0.15, -0.1) is 0 Å². The van der Waals surface area contributed by atoms with Gasteiger partial charge in [0.1, 0.15) is 0 Å². The third kappa shape index (κ3) is 3.09. The summed E-state index contributed by atoms with van der Waals surface area (Å²) in [5.41, 5.74) is 11.1. The molecule has 0 saturated heterocycles. The van der Waals surface area contributed by atoms with Crippen molar-refractivity contribution in [2.75, 3.05) is 11.9 Å². The molecule has 0 aromatic carbocycles. The molecule has 4 nitrogen and oxygen atoms in total. The standard InChI is InChI=1S/C15H20N4/c1-11-8-15(14(9-16)12(2)18-11)19(3)10-13-6-4-5-7-17-13/h4-8H,9-10,16H2,1-3H3. The molecule has 19 heavy (non-hydrogen) atoms. The maximum atomic E-state index is 5.85. The van der Waals surface area contributed by atoms with E-state index in [1.54, 1.807) is 0 Å². The van der Waals surface area contributed by atoms with Gasteiger partial charge in [0.25, 0.3) is 0 Å². The summed E-state index contributed by atoms with van der Waals surface area (Å²) in [6.07, 6.45) is 1.82. The Morgan fingerprint density at radius 1 is 1.26 bits per heavy atom. The maximum Gasteiger partial charge on any atom is 0.0598 e. The van der Waals surface area contributed by atoms with Gasteiger partial charge < -0.3 is 10.6 Å². The molecule has 100 valence electrons. The van der Waals surface area contributed by atoms with Crippen LogP contribution in [0.15, 0.2) is 30.5 Å². The molecule has 2 aromatic rings. The van der Waals surface area contributed by atoms with E-state index >= 15 is 0 Å². The van der Waals surface area contributed by atoms with Crippen LogP contribution in [0, 0.1) is 13.8 Å². The summed E-state index contributed by atoms with van der Waals surface area (Å²) >= 11 is 0. The Balaban J connectivity index is 2.30. The van der Waals surface area contributed by atoms with E-state index in [1.807, 2.05) is 38.2 Å². The molecule has 4 heteroatoms. The highest BCUT2D eigenvalue weighted by Crippen LogP contribution is 2.23. The van der Waals surface area contributed by atoms with Gasteiger partial charge in [0.05, 0.1) is 12.2 Å². The second-order valence-corrected chi connectivity index (χ2v) is 4.73. The fourth-order valence-corrected chi connectivity index (χ4v) is 2.25. The Bertz CT molecular complexity index is 552. The van der Waals surface area contributed by atoms with Gasteiger partial charge in [-0.05, 0) is 32.0 Å². The van der Waals surface area contributed by atoms with Crippen LogP contribution in [0.3, 0.4) is 0 Å². The number of nitrogens with two attached hydrogens (primary N) is 1. The zero-order valence-corrected chi connectivity index (χ0v) is 11.7. The minimum Gasteiger partial charge on any atom is -0.368 e. The number of hydrogen-bond donors (Lipinski definition) is 1. The van der Waals surface area contributed by atoms with Gasteiger partial charge in [0.2, 0.25) is 0 Å². The first-order valence-corrected chi connectivity index (χ1v) is 6.40. The van der Waals surface area contributed by atoms with Crippen molar-refractivity contribution in [2.24, 2.45) is 5.73 Å². The van der Waals surface area contributed by atoms with E-state index in [4.69, 9.17) is 5.73 Å². The van der Waals surface area contributed by atoms with Gasteiger partial charge in [0.15, 0.2) is 0 Å². The number of pyridine rings is 2. The summed E-state index contributed by atoms with van der Waals surface area (Å²) < 4.78 is 0. The lowest BCUT2D eigenvalue weighted by Crippen LogP contribution is -2.21. The topological polar surface area (TPSA) is 55.0 Å². The first-order chi connectivity index (χ1) is 9.11. The Morgan fingerprint density at radius 2 is 2.05 bits per heavy atom. The van der Waals surface area contributed by atoms with Crippen molar-refractivity contribution in [1.82, 2.24) is 9.97 Å². The summed E-state index contributed by atoms with van der Waals surface area (Å²) in [5, 5.41) is 0. The average molecular weight is 256 g/mol. The maximum absolute atomic E-state index is 5.85. The lowest BCUT2D eigenvalue weighted by Gasteiger charge is -2.23. The van der Waals surface area contributed by atoms with Crippen LogP contribution < -0.4 is 10.6 Å². The van der Waals surface area contributed by atoms with Gasteiger partial charge in [-0.3, -0.25) is 9.97 Å². The normalized spacial score (nSPS) is 10.5. The molecule has 0 atom stereocenters. The van der Waals surface area contributed by atoms with Crippen LogP contribution in [0.2, 0.25) is 0 Å². The molecular formula is C15H20N4. The second-order valence-electron chi connectivity index (χ2n) is 4.73. The summed E-state index contributed by atoms with van der Waals surface area (Å²) in [4.78, 5) is 11.0. The number of nitrogens with zero attached hydrogens (tertiary/aromatic N) is 3. The van der Waals surface area contributed by atoms with E-state index < -0.39 is 0 Å². The van der Waals surface area contributed by atoms with Crippen molar-refractivity contribution in [3.05, 3.63) is 53.1 Å². The van der Waals surface area contributed by atoms with Gasteiger partial charge in [-0.1, -0.05) is 6.07 Å². The molecule has 0 spiro atoms. The minimum absolute atomic E-state index is 0.501. The molecule has 0 aliphatic heterocycles. The monoisotopic (exact) mass is 256 g/mol. The fourth-order valence-electron chi connectivity index (χ4n) is 2.25. The number of hydrogen-bond acceptors (Lipinski definition) is 4. The van der Waals surface area contributed by atoms with Gasteiger partial charge in [-0.2, -0.15) is 0 Å². The summed E-state index contributed by atoms with van der Waals surface area (Å²) in [6, 6.07) is 8.04. The number of anilines is 1. The van der Waals surface area contributed by atoms with Crippen LogP contribution in [0.1, 0.15) is 22.6 Å². The van der Waals surface area contributed by atoms with Crippen molar-refractivity contribution >= 4 is 5.69 Å². The first-order valence-electron chi connectivity index (χ1n) is 6.40. The molecule has 0 saturated carbocycles. The molecule has 0 aliphatic rings. The van der Waals surface area contributed by atoms with E-state index in [2.05, 4.69) is 28.0 Å². The van der Waals surface area contributed by atoms with Gasteiger partial charge >= 0.3 is 0 Å². The van der Waals surface area contributed by atoms with E-state index in [-0.39, 0.29) is 0 Å². The predicted molar refractivity (Wildman–Crippen MR) is 77.9 cm³/mol. The van der Waals surface area contributed by atoms with Gasteiger partial charge in [-0.25, -0.2) is 0 Å². The smallest absolute Gasteiger partial charge is 0.0598 e. The van der Waals surface area contributed by atoms with Crippen molar-refractivity contribution in [2.45, 2.75) is 26.9 Å². The Hall–Kier alpha value is -1.94. The number of rotatable bonds is 4. The van der Waals surface area contributed by atoms with E-state index in [9.17, 15) is 0 Å². The van der Waals surface area contributed by atoms with Crippen molar-refractivity contribution in [1.29, 1.82) is 0 Å². The molecule has 0 unspecified atom stereocenters. The van der Waals surface area contributed by atoms with E-state index in [0.717, 1.165) is 34.9 Å². The lowest BCUT2D eigenvalue weighted by molar-refractivity contribution is 0.860. The van der Waals surface area contributed by atoms with Crippen LogP contribution >= 0.6 is 0 Å². The Kier molecular flexibility index (Phi) is 4.12. The summed E-state index contributed by atoms with van der Waals surface area (Å²) in [5.74, 6) is 0. The molecule has 2 N–H and O–H groups in total. The average Bonchev–Trinajstić information content (AvgIpc) is 2.39. The molecule has 0 amide bonds. The minimum atomic E-state index is 0.501. The van der Waals surface area contributed by atoms with Crippen LogP contribution in [0.5, 0.6) is 0 Å². The first kappa shape index (κ1) is 13.5. The zero-order valence-electron chi connectivity index (χ0n) is 11.7. The fraction of sp³-hybridized carbons (Fsp3) is 0.333. The molecule has 2 heterocycles. The third-order valence-corrected chi connectivity index (χ3v) is 3.18. The van der Waals surface area contributed by atoms with E-state index in [0.29, 0.717) is 6.54 Å². The molecular weight excluding hydrogens is 236 g/mol. The molecule has 2 rings (SSSR count). The van der Waals surface area contributed by atoms with Crippen LogP contribution in [-0.2, 0) is 13.1 Å². The highest BCUT2D eigenvalue weighted by molar-refractivity contribution is 5.55. The van der Waals surface area contributed by atoms with Gasteiger partial charge in [0, 0.05) is 42.4 Å². The SMILES string of the molecule is Cc1cc(N(C)Cc2ccccn2)c(CN)c(C)n1. The molecule has 2 aromatic heterocycles. The third-order valence-electron chi connectivity index (χ3n) is 3.18. The Morgan fingerprint density at radius 3 is 2.68 bits per heavy atom. The number of aryl methyl sites for hydroxylation is 2. The predicted octanol–water partition coefficient (Wildman–Crippen LogP) is 2.19. The number of aromatic nitrogens is 2. The molecule has 0 radical (unpaired) electrons. The summed E-state index contributed by atoms with van der Waals surface area (Å²) in [6.45, 7) is 5.27. The highest BCUT2D eigenvalue weighted by Gasteiger charge is 2.11. The molecule has 0 fully saturated rings. The lowest BCUT2D eigenvalue weighted by atomic mass is 10.1. The quantitative estimate of drug-likeness (QED) is 0.911. The second kappa shape index (κ2) is 5.80. The molecule has 0 aliphatic carbocycles.